The molecule has 2 aromatic rings. The van der Waals surface area contributed by atoms with Gasteiger partial charge in [0.2, 0.25) is 0 Å². The maximum absolute atomic E-state index is 9.14. The molecule has 0 spiro atoms. The number of ether oxygens (including phenoxy) is 1. The van der Waals surface area contributed by atoms with Gasteiger partial charge in [-0.3, -0.25) is 4.68 Å². The average molecular weight is 246 g/mol. The van der Waals surface area contributed by atoms with Gasteiger partial charge in [0, 0.05) is 18.8 Å². The molecular weight excluding hydrogens is 228 g/mol. The van der Waals surface area contributed by atoms with Crippen LogP contribution in [0.1, 0.15) is 22.3 Å². The van der Waals surface area contributed by atoms with E-state index in [1.807, 2.05) is 39.2 Å². The third-order valence-electron chi connectivity index (χ3n) is 2.84. The van der Waals surface area contributed by atoms with Gasteiger partial charge < -0.3 is 9.84 Å². The minimum atomic E-state index is 0.0601. The molecule has 2 rings (SSSR count). The monoisotopic (exact) mass is 246 g/mol. The smallest absolute Gasteiger partial charge is 0.125 e. The molecule has 1 aromatic carbocycles. The highest BCUT2D eigenvalue weighted by Crippen LogP contribution is 2.25. The second-order valence-electron chi connectivity index (χ2n) is 4.53. The number of hydrogen-bond donors (Lipinski definition) is 1. The summed E-state index contributed by atoms with van der Waals surface area (Å²) < 4.78 is 7.59. The van der Waals surface area contributed by atoms with Crippen molar-refractivity contribution < 1.29 is 9.84 Å². The normalized spacial score (nSPS) is 10.7. The number of benzene rings is 1. The summed E-state index contributed by atoms with van der Waals surface area (Å²) in [5, 5.41) is 13.2. The highest BCUT2D eigenvalue weighted by Gasteiger charge is 2.07. The molecule has 1 aromatic heterocycles. The maximum Gasteiger partial charge on any atom is 0.125 e. The van der Waals surface area contributed by atoms with Crippen LogP contribution in [0, 0.1) is 13.8 Å². The zero-order chi connectivity index (χ0) is 13.1. The van der Waals surface area contributed by atoms with Gasteiger partial charge >= 0.3 is 0 Å². The van der Waals surface area contributed by atoms with Crippen molar-refractivity contribution in [2.45, 2.75) is 27.1 Å². The zero-order valence-corrected chi connectivity index (χ0v) is 11.0. The largest absolute Gasteiger partial charge is 0.488 e. The quantitative estimate of drug-likeness (QED) is 0.898. The molecule has 1 heterocycles. The third-order valence-corrected chi connectivity index (χ3v) is 2.84. The van der Waals surface area contributed by atoms with E-state index in [-0.39, 0.29) is 6.61 Å². The van der Waals surface area contributed by atoms with Gasteiger partial charge in [-0.15, -0.1) is 0 Å². The first-order valence-corrected chi connectivity index (χ1v) is 5.91. The van der Waals surface area contributed by atoms with Gasteiger partial charge in [0.05, 0.1) is 12.8 Å². The maximum atomic E-state index is 9.14. The standard InChI is InChI=1S/C14H18N2O2/c1-10-4-12(8-17)5-11(2)14(10)18-9-13-6-15-16(3)7-13/h4-7,17H,8-9H2,1-3H3. The number of aliphatic hydroxyl groups is 1. The van der Waals surface area contributed by atoms with E-state index >= 15 is 0 Å². The Hall–Kier alpha value is -1.81. The Morgan fingerprint density at radius 1 is 1.22 bits per heavy atom. The van der Waals surface area contributed by atoms with Crippen molar-refractivity contribution in [1.82, 2.24) is 9.78 Å². The summed E-state index contributed by atoms with van der Waals surface area (Å²) in [4.78, 5) is 0. The highest BCUT2D eigenvalue weighted by atomic mass is 16.5. The summed E-state index contributed by atoms with van der Waals surface area (Å²) >= 11 is 0. The fourth-order valence-corrected chi connectivity index (χ4v) is 2.06. The van der Waals surface area contributed by atoms with E-state index in [0.29, 0.717) is 6.61 Å². The van der Waals surface area contributed by atoms with Crippen molar-refractivity contribution in [1.29, 1.82) is 0 Å². The lowest BCUT2D eigenvalue weighted by molar-refractivity contribution is 0.280. The molecule has 1 N–H and O–H groups in total. The number of hydrogen-bond acceptors (Lipinski definition) is 3. The molecule has 0 radical (unpaired) electrons. The molecule has 0 aliphatic heterocycles. The average Bonchev–Trinajstić information content (AvgIpc) is 2.73. The number of aryl methyl sites for hydroxylation is 3. The van der Waals surface area contributed by atoms with Gasteiger partial charge in [-0.1, -0.05) is 12.1 Å². The van der Waals surface area contributed by atoms with E-state index < -0.39 is 0 Å². The van der Waals surface area contributed by atoms with Crippen LogP contribution < -0.4 is 4.74 Å². The van der Waals surface area contributed by atoms with E-state index in [9.17, 15) is 0 Å². The lowest BCUT2D eigenvalue weighted by Crippen LogP contribution is -1.99. The summed E-state index contributed by atoms with van der Waals surface area (Å²) in [5.74, 6) is 0.885. The van der Waals surface area contributed by atoms with Crippen molar-refractivity contribution >= 4 is 0 Å². The van der Waals surface area contributed by atoms with Crippen LogP contribution in [0.15, 0.2) is 24.5 Å². The Labute approximate surface area is 107 Å². The number of aromatic nitrogens is 2. The predicted molar refractivity (Wildman–Crippen MR) is 69.4 cm³/mol. The number of nitrogens with zero attached hydrogens (tertiary/aromatic N) is 2. The van der Waals surface area contributed by atoms with Gasteiger partial charge in [-0.05, 0) is 30.5 Å². The Bertz CT molecular complexity index is 523. The van der Waals surface area contributed by atoms with E-state index in [4.69, 9.17) is 9.84 Å². The molecule has 4 heteroatoms. The molecule has 0 aliphatic rings. The molecule has 96 valence electrons. The Morgan fingerprint density at radius 2 is 1.89 bits per heavy atom. The van der Waals surface area contributed by atoms with Crippen LogP contribution in [0.3, 0.4) is 0 Å². The number of rotatable bonds is 4. The molecule has 4 nitrogen and oxygen atoms in total. The topological polar surface area (TPSA) is 47.3 Å². The van der Waals surface area contributed by atoms with Crippen LogP contribution >= 0.6 is 0 Å². The van der Waals surface area contributed by atoms with Crippen LogP contribution in [-0.4, -0.2) is 14.9 Å². The molecule has 0 saturated heterocycles. The summed E-state index contributed by atoms with van der Waals surface area (Å²) in [5.41, 5.74) is 4.05. The Morgan fingerprint density at radius 3 is 2.39 bits per heavy atom. The third kappa shape index (κ3) is 2.71. The molecule has 0 unspecified atom stereocenters. The summed E-state index contributed by atoms with van der Waals surface area (Å²) in [6.45, 7) is 4.55. The van der Waals surface area contributed by atoms with E-state index in [0.717, 1.165) is 28.0 Å². The number of aliphatic hydroxyl groups excluding tert-OH is 1. The molecule has 0 aliphatic carbocycles. The fraction of sp³-hybridized carbons (Fsp3) is 0.357. The SMILES string of the molecule is Cc1cc(CO)cc(C)c1OCc1cnn(C)c1. The second kappa shape index (κ2) is 5.23. The Kier molecular flexibility index (Phi) is 3.67. The molecule has 18 heavy (non-hydrogen) atoms. The predicted octanol–water partition coefficient (Wildman–Crippen LogP) is 2.11. The Balaban J connectivity index is 2.14. The van der Waals surface area contributed by atoms with Crippen LogP contribution in [0.4, 0.5) is 0 Å². The van der Waals surface area contributed by atoms with Gasteiger partial charge in [0.15, 0.2) is 0 Å². The van der Waals surface area contributed by atoms with Crippen LogP contribution in [0.5, 0.6) is 5.75 Å². The molecular formula is C14H18N2O2. The molecule has 0 saturated carbocycles. The molecule has 0 atom stereocenters. The van der Waals surface area contributed by atoms with Crippen LogP contribution in [-0.2, 0) is 20.3 Å². The fourth-order valence-electron chi connectivity index (χ4n) is 2.06. The van der Waals surface area contributed by atoms with Crippen molar-refractivity contribution in [2.24, 2.45) is 7.05 Å². The van der Waals surface area contributed by atoms with E-state index in [1.165, 1.54) is 0 Å². The van der Waals surface area contributed by atoms with Crippen molar-refractivity contribution in [3.63, 3.8) is 0 Å². The van der Waals surface area contributed by atoms with Crippen molar-refractivity contribution in [3.05, 3.63) is 46.8 Å². The van der Waals surface area contributed by atoms with Gasteiger partial charge in [-0.2, -0.15) is 5.10 Å². The summed E-state index contributed by atoms with van der Waals surface area (Å²) in [6, 6.07) is 3.90. The lowest BCUT2D eigenvalue weighted by atomic mass is 10.1. The summed E-state index contributed by atoms with van der Waals surface area (Å²) in [6.07, 6.45) is 3.74. The first kappa shape index (κ1) is 12.6. The summed E-state index contributed by atoms with van der Waals surface area (Å²) in [7, 11) is 1.88. The van der Waals surface area contributed by atoms with E-state index in [1.54, 1.807) is 10.9 Å². The van der Waals surface area contributed by atoms with Gasteiger partial charge in [-0.25, -0.2) is 0 Å². The highest BCUT2D eigenvalue weighted by molar-refractivity contribution is 5.43. The minimum absolute atomic E-state index is 0.0601. The van der Waals surface area contributed by atoms with Crippen molar-refractivity contribution in [2.75, 3.05) is 0 Å². The van der Waals surface area contributed by atoms with Gasteiger partial charge in [0.25, 0.3) is 0 Å². The van der Waals surface area contributed by atoms with Crippen LogP contribution in [0.2, 0.25) is 0 Å². The minimum Gasteiger partial charge on any atom is -0.488 e. The van der Waals surface area contributed by atoms with Crippen LogP contribution in [0.25, 0.3) is 0 Å². The zero-order valence-electron chi connectivity index (χ0n) is 11.0. The van der Waals surface area contributed by atoms with Gasteiger partial charge in [0.1, 0.15) is 12.4 Å². The second-order valence-corrected chi connectivity index (χ2v) is 4.53. The van der Waals surface area contributed by atoms with E-state index in [2.05, 4.69) is 5.10 Å². The first-order valence-electron chi connectivity index (χ1n) is 5.91. The molecule has 0 bridgehead atoms. The van der Waals surface area contributed by atoms with Crippen molar-refractivity contribution in [3.8, 4) is 5.75 Å². The molecule has 0 fully saturated rings. The first-order chi connectivity index (χ1) is 8.60. The molecule has 0 amide bonds. The lowest BCUT2D eigenvalue weighted by Gasteiger charge is -2.12.